The number of nitrogens with zero attached hydrogens (tertiary/aromatic N) is 1. The zero-order valence-corrected chi connectivity index (χ0v) is 14.5. The molecule has 0 unspecified atom stereocenters. The van der Waals surface area contributed by atoms with Gasteiger partial charge in [0.25, 0.3) is 0 Å². The molecule has 1 N–H and O–H groups in total. The van der Waals surface area contributed by atoms with Crippen LogP contribution in [0.4, 0.5) is 10.1 Å². The second-order valence-electron chi connectivity index (χ2n) is 5.55. The van der Waals surface area contributed by atoms with E-state index < -0.39 is 0 Å². The van der Waals surface area contributed by atoms with Crippen molar-refractivity contribution >= 4 is 11.6 Å². The van der Waals surface area contributed by atoms with Gasteiger partial charge in [-0.15, -0.1) is 0 Å². The van der Waals surface area contributed by atoms with Gasteiger partial charge in [-0.25, -0.2) is 4.39 Å². The van der Waals surface area contributed by atoms with E-state index in [1.165, 1.54) is 24.3 Å². The average molecular weight is 346 g/mol. The van der Waals surface area contributed by atoms with Crippen molar-refractivity contribution in [3.63, 3.8) is 0 Å². The summed E-state index contributed by atoms with van der Waals surface area (Å²) in [7, 11) is 1.84. The van der Waals surface area contributed by atoms with E-state index in [9.17, 15) is 9.18 Å². The third kappa shape index (κ3) is 6.81. The van der Waals surface area contributed by atoms with E-state index in [0.717, 1.165) is 11.5 Å². The van der Waals surface area contributed by atoms with Crippen LogP contribution in [0, 0.1) is 5.82 Å². The molecule has 1 amide bonds. The van der Waals surface area contributed by atoms with Gasteiger partial charge in [-0.3, -0.25) is 9.69 Å². The van der Waals surface area contributed by atoms with Crippen LogP contribution in [0.2, 0.25) is 0 Å². The van der Waals surface area contributed by atoms with Gasteiger partial charge >= 0.3 is 0 Å². The molecule has 0 fully saturated rings. The molecule has 0 radical (unpaired) electrons. The molecule has 2 rings (SSSR count). The molecule has 6 heteroatoms. The molecular formula is C19H23FN2O3. The predicted octanol–water partition coefficient (Wildman–Crippen LogP) is 3.17. The molecule has 0 saturated carbocycles. The predicted molar refractivity (Wildman–Crippen MR) is 95.6 cm³/mol. The van der Waals surface area contributed by atoms with Crippen LogP contribution < -0.4 is 14.8 Å². The van der Waals surface area contributed by atoms with Crippen molar-refractivity contribution in [3.8, 4) is 11.5 Å². The summed E-state index contributed by atoms with van der Waals surface area (Å²) in [6, 6.07) is 13.1. The fourth-order valence-electron chi connectivity index (χ4n) is 2.18. The molecular weight excluding hydrogens is 323 g/mol. The highest BCUT2D eigenvalue weighted by atomic mass is 19.1. The first-order chi connectivity index (χ1) is 12.1. The van der Waals surface area contributed by atoms with E-state index in [-0.39, 0.29) is 18.3 Å². The lowest BCUT2D eigenvalue weighted by Crippen LogP contribution is -2.33. The van der Waals surface area contributed by atoms with Gasteiger partial charge in [0.05, 0.1) is 13.2 Å². The van der Waals surface area contributed by atoms with Crippen LogP contribution in [-0.2, 0) is 4.79 Å². The summed E-state index contributed by atoms with van der Waals surface area (Å²) in [5.41, 5.74) is 0.574. The number of amides is 1. The molecule has 0 aromatic heterocycles. The zero-order chi connectivity index (χ0) is 18.1. The first kappa shape index (κ1) is 18.7. The minimum atomic E-state index is -0.332. The van der Waals surface area contributed by atoms with Crippen molar-refractivity contribution in [3.05, 3.63) is 54.3 Å². The Hall–Kier alpha value is -2.60. The van der Waals surface area contributed by atoms with Gasteiger partial charge in [0.15, 0.2) is 0 Å². The van der Waals surface area contributed by atoms with E-state index in [2.05, 4.69) is 5.32 Å². The van der Waals surface area contributed by atoms with Crippen molar-refractivity contribution in [2.24, 2.45) is 0 Å². The number of anilines is 1. The molecule has 134 valence electrons. The summed E-state index contributed by atoms with van der Waals surface area (Å²) in [5, 5.41) is 2.72. The van der Waals surface area contributed by atoms with Crippen molar-refractivity contribution in [2.75, 3.05) is 38.7 Å². The fourth-order valence-corrected chi connectivity index (χ4v) is 2.18. The summed E-state index contributed by atoms with van der Waals surface area (Å²) in [6.07, 6.45) is 0. The van der Waals surface area contributed by atoms with Gasteiger partial charge < -0.3 is 14.8 Å². The Bertz CT molecular complexity index is 659. The molecule has 0 aliphatic rings. The van der Waals surface area contributed by atoms with Crippen LogP contribution >= 0.6 is 0 Å². The van der Waals surface area contributed by atoms with Crippen LogP contribution in [0.3, 0.4) is 0 Å². The third-order valence-corrected chi connectivity index (χ3v) is 3.42. The summed E-state index contributed by atoms with van der Waals surface area (Å²) >= 11 is 0. The number of likely N-dealkylation sites (N-methyl/N-ethyl adjacent to an activating group) is 1. The third-order valence-electron chi connectivity index (χ3n) is 3.42. The molecule has 0 heterocycles. The number of halogens is 1. The maximum Gasteiger partial charge on any atom is 0.238 e. The lowest BCUT2D eigenvalue weighted by atomic mass is 10.3. The lowest BCUT2D eigenvalue weighted by molar-refractivity contribution is -0.117. The maximum atomic E-state index is 12.8. The lowest BCUT2D eigenvalue weighted by Gasteiger charge is -2.16. The first-order valence-corrected chi connectivity index (χ1v) is 8.16. The first-order valence-electron chi connectivity index (χ1n) is 8.16. The largest absolute Gasteiger partial charge is 0.494 e. The minimum absolute atomic E-state index is 0.157. The Kier molecular flexibility index (Phi) is 7.22. The van der Waals surface area contributed by atoms with Gasteiger partial charge in [-0.2, -0.15) is 0 Å². The maximum absolute atomic E-state index is 12.8. The standard InChI is InChI=1S/C19H23FN2O3/c1-3-24-17-8-10-18(11-9-17)25-13-12-22(2)14-19(23)21-16-6-4-15(20)5-7-16/h4-11H,3,12-14H2,1-2H3,(H,21,23). The van der Waals surface area contributed by atoms with Gasteiger partial charge in [0, 0.05) is 12.2 Å². The van der Waals surface area contributed by atoms with Crippen LogP contribution in [0.25, 0.3) is 0 Å². The Labute approximate surface area is 147 Å². The molecule has 0 aliphatic carbocycles. The SMILES string of the molecule is CCOc1ccc(OCCN(C)CC(=O)Nc2ccc(F)cc2)cc1. The van der Waals surface area contributed by atoms with Crippen LogP contribution in [0.1, 0.15) is 6.92 Å². The van der Waals surface area contributed by atoms with Gasteiger partial charge in [-0.05, 0) is 62.5 Å². The molecule has 0 bridgehead atoms. The minimum Gasteiger partial charge on any atom is -0.494 e. The molecule has 0 saturated heterocycles. The Balaban J connectivity index is 1.68. The molecule has 5 nitrogen and oxygen atoms in total. The van der Waals surface area contributed by atoms with E-state index in [1.54, 1.807) is 0 Å². The number of carbonyl (C=O) groups is 1. The van der Waals surface area contributed by atoms with E-state index in [1.807, 2.05) is 43.1 Å². The highest BCUT2D eigenvalue weighted by molar-refractivity contribution is 5.92. The van der Waals surface area contributed by atoms with Crippen molar-refractivity contribution in [1.29, 1.82) is 0 Å². The van der Waals surface area contributed by atoms with Crippen LogP contribution in [0.5, 0.6) is 11.5 Å². The van der Waals surface area contributed by atoms with Crippen LogP contribution in [0.15, 0.2) is 48.5 Å². The number of benzene rings is 2. The van der Waals surface area contributed by atoms with Crippen molar-refractivity contribution in [2.45, 2.75) is 6.92 Å². The van der Waals surface area contributed by atoms with E-state index >= 15 is 0 Å². The molecule has 0 spiro atoms. The number of nitrogens with one attached hydrogen (secondary N) is 1. The highest BCUT2D eigenvalue weighted by Gasteiger charge is 2.07. The Morgan fingerprint density at radius 1 is 1.04 bits per heavy atom. The van der Waals surface area contributed by atoms with E-state index in [4.69, 9.17) is 9.47 Å². The molecule has 0 atom stereocenters. The summed E-state index contributed by atoms with van der Waals surface area (Å²) < 4.78 is 23.9. The van der Waals surface area contributed by atoms with Crippen molar-refractivity contribution in [1.82, 2.24) is 4.90 Å². The number of rotatable bonds is 9. The smallest absolute Gasteiger partial charge is 0.238 e. The normalized spacial score (nSPS) is 10.6. The molecule has 2 aromatic rings. The Morgan fingerprint density at radius 2 is 1.64 bits per heavy atom. The van der Waals surface area contributed by atoms with Gasteiger partial charge in [0.2, 0.25) is 5.91 Å². The van der Waals surface area contributed by atoms with Crippen molar-refractivity contribution < 1.29 is 18.7 Å². The zero-order valence-electron chi connectivity index (χ0n) is 14.5. The molecule has 2 aromatic carbocycles. The summed E-state index contributed by atoms with van der Waals surface area (Å²) in [5.74, 6) is 1.08. The topological polar surface area (TPSA) is 50.8 Å². The van der Waals surface area contributed by atoms with Gasteiger partial charge in [-0.1, -0.05) is 0 Å². The number of ether oxygens (including phenoxy) is 2. The quantitative estimate of drug-likeness (QED) is 0.758. The Morgan fingerprint density at radius 3 is 2.24 bits per heavy atom. The van der Waals surface area contributed by atoms with Gasteiger partial charge in [0.1, 0.15) is 23.9 Å². The summed E-state index contributed by atoms with van der Waals surface area (Å²) in [4.78, 5) is 13.8. The number of hydrogen-bond donors (Lipinski definition) is 1. The average Bonchev–Trinajstić information content (AvgIpc) is 2.59. The molecule has 0 aliphatic heterocycles. The number of carbonyl (C=O) groups excluding carboxylic acids is 1. The molecule has 25 heavy (non-hydrogen) atoms. The second kappa shape index (κ2) is 9.64. The number of hydrogen-bond acceptors (Lipinski definition) is 4. The summed E-state index contributed by atoms with van der Waals surface area (Å²) in [6.45, 7) is 3.86. The fraction of sp³-hybridized carbons (Fsp3) is 0.316. The monoisotopic (exact) mass is 346 g/mol. The van der Waals surface area contributed by atoms with Crippen LogP contribution in [-0.4, -0.2) is 44.2 Å². The van der Waals surface area contributed by atoms with E-state index in [0.29, 0.717) is 25.4 Å². The highest BCUT2D eigenvalue weighted by Crippen LogP contribution is 2.17. The second-order valence-corrected chi connectivity index (χ2v) is 5.55.